The lowest BCUT2D eigenvalue weighted by Crippen LogP contribution is -2.34. The molecule has 0 saturated carbocycles. The second-order valence-corrected chi connectivity index (χ2v) is 6.17. The summed E-state index contributed by atoms with van der Waals surface area (Å²) in [7, 11) is 1.63. The molecule has 1 N–H and O–H groups in total. The van der Waals surface area contributed by atoms with Gasteiger partial charge in [-0.3, -0.25) is 0 Å². The number of ether oxygens (including phenoxy) is 2. The van der Waals surface area contributed by atoms with Crippen LogP contribution in [-0.4, -0.2) is 24.4 Å². The lowest BCUT2D eigenvalue weighted by Gasteiger charge is -2.34. The average molecular weight is 266 g/mol. The van der Waals surface area contributed by atoms with Crippen LogP contribution in [0, 0.1) is 5.41 Å². The van der Waals surface area contributed by atoms with Crippen LogP contribution in [0.3, 0.4) is 0 Å². The molecular formula is C16H26O3. The number of hydrogen-bond acceptors (Lipinski definition) is 3. The molecule has 3 nitrogen and oxygen atoms in total. The highest BCUT2D eigenvalue weighted by Gasteiger charge is 2.33. The number of benzene rings is 1. The van der Waals surface area contributed by atoms with Crippen molar-refractivity contribution in [2.24, 2.45) is 5.41 Å². The molecule has 0 amide bonds. The lowest BCUT2D eigenvalue weighted by atomic mass is 9.83. The van der Waals surface area contributed by atoms with Gasteiger partial charge in [-0.15, -0.1) is 0 Å². The summed E-state index contributed by atoms with van der Waals surface area (Å²) in [6.07, 6.45) is -0.923. The van der Waals surface area contributed by atoms with Crippen LogP contribution < -0.4 is 4.74 Å². The summed E-state index contributed by atoms with van der Waals surface area (Å²) in [4.78, 5) is 0. The van der Waals surface area contributed by atoms with Crippen molar-refractivity contribution in [2.45, 2.75) is 52.9 Å². The Labute approximate surface area is 116 Å². The maximum Gasteiger partial charge on any atom is 0.125 e. The van der Waals surface area contributed by atoms with Crippen molar-refractivity contribution in [2.75, 3.05) is 7.11 Å². The molecule has 0 heterocycles. The monoisotopic (exact) mass is 266 g/mol. The first-order chi connectivity index (χ1) is 8.77. The predicted molar refractivity (Wildman–Crippen MR) is 77.4 cm³/mol. The fraction of sp³-hybridized carbons (Fsp3) is 0.625. The summed E-state index contributed by atoms with van der Waals surface area (Å²) in [5.41, 5.74) is 0.622. The van der Waals surface area contributed by atoms with E-state index in [4.69, 9.17) is 9.47 Å². The summed E-state index contributed by atoms with van der Waals surface area (Å²) in [6.45, 7) is 10.1. The molecule has 0 spiro atoms. The van der Waals surface area contributed by atoms with E-state index in [1.54, 1.807) is 7.11 Å². The molecule has 0 aliphatic carbocycles. The standard InChI is InChI=1S/C16H26O3/c1-11(2)19-13-10-8-7-9-12(13)14(17)15(18-6)16(3,4)5/h7-11,14-15,17H,1-6H3. The van der Waals surface area contributed by atoms with E-state index in [1.807, 2.05) is 38.1 Å². The SMILES string of the molecule is COC(C(O)c1ccccc1OC(C)C)C(C)(C)C. The van der Waals surface area contributed by atoms with Crippen LogP contribution in [0.25, 0.3) is 0 Å². The molecule has 0 aliphatic heterocycles. The Morgan fingerprint density at radius 1 is 1.11 bits per heavy atom. The molecule has 108 valence electrons. The molecule has 0 aromatic heterocycles. The van der Waals surface area contributed by atoms with Crippen molar-refractivity contribution in [3.63, 3.8) is 0 Å². The molecule has 19 heavy (non-hydrogen) atoms. The van der Waals surface area contributed by atoms with Gasteiger partial charge in [-0.1, -0.05) is 39.0 Å². The molecule has 0 radical (unpaired) electrons. The highest BCUT2D eigenvalue weighted by atomic mass is 16.5. The smallest absolute Gasteiger partial charge is 0.125 e. The molecular weight excluding hydrogens is 240 g/mol. The Morgan fingerprint density at radius 3 is 2.16 bits per heavy atom. The van der Waals surface area contributed by atoms with Gasteiger partial charge in [0.1, 0.15) is 11.9 Å². The number of aliphatic hydroxyl groups excluding tert-OH is 1. The minimum atomic E-state index is -0.708. The summed E-state index contributed by atoms with van der Waals surface area (Å²) < 4.78 is 11.2. The Morgan fingerprint density at radius 2 is 1.68 bits per heavy atom. The average Bonchev–Trinajstić information content (AvgIpc) is 2.27. The first-order valence-corrected chi connectivity index (χ1v) is 6.73. The summed E-state index contributed by atoms with van der Waals surface area (Å²) in [5, 5.41) is 10.6. The minimum absolute atomic E-state index is 0.0731. The predicted octanol–water partition coefficient (Wildman–Crippen LogP) is 3.57. The van der Waals surface area contributed by atoms with Gasteiger partial charge in [0.2, 0.25) is 0 Å². The van der Waals surface area contributed by atoms with E-state index in [1.165, 1.54) is 0 Å². The second kappa shape index (κ2) is 6.40. The van der Waals surface area contributed by atoms with Gasteiger partial charge in [0.05, 0.1) is 12.2 Å². The molecule has 3 heteroatoms. The highest BCUT2D eigenvalue weighted by molar-refractivity contribution is 5.36. The van der Waals surface area contributed by atoms with Crippen molar-refractivity contribution < 1.29 is 14.6 Å². The van der Waals surface area contributed by atoms with Crippen LogP contribution >= 0.6 is 0 Å². The van der Waals surface area contributed by atoms with E-state index in [-0.39, 0.29) is 17.6 Å². The first kappa shape index (κ1) is 16.0. The van der Waals surface area contributed by atoms with Crippen LogP contribution in [-0.2, 0) is 4.74 Å². The molecule has 0 aliphatic rings. The molecule has 1 aromatic carbocycles. The van der Waals surface area contributed by atoms with E-state index in [0.29, 0.717) is 0 Å². The number of para-hydroxylation sites is 1. The summed E-state index contributed by atoms with van der Waals surface area (Å²) >= 11 is 0. The third-order valence-electron chi connectivity index (χ3n) is 2.99. The van der Waals surface area contributed by atoms with Crippen LogP contribution in [0.1, 0.15) is 46.3 Å². The zero-order valence-corrected chi connectivity index (χ0v) is 12.8. The Balaban J connectivity index is 3.07. The Kier molecular flexibility index (Phi) is 5.39. The third kappa shape index (κ3) is 4.22. The fourth-order valence-corrected chi connectivity index (χ4v) is 2.21. The van der Waals surface area contributed by atoms with Crippen molar-refractivity contribution in [1.82, 2.24) is 0 Å². The van der Waals surface area contributed by atoms with Crippen molar-refractivity contribution >= 4 is 0 Å². The van der Waals surface area contributed by atoms with Gasteiger partial charge in [0, 0.05) is 12.7 Å². The largest absolute Gasteiger partial charge is 0.491 e. The molecule has 0 saturated heterocycles. The number of methoxy groups -OCH3 is 1. The van der Waals surface area contributed by atoms with Crippen LogP contribution in [0.4, 0.5) is 0 Å². The summed E-state index contributed by atoms with van der Waals surface area (Å²) in [6, 6.07) is 7.59. The topological polar surface area (TPSA) is 38.7 Å². The van der Waals surface area contributed by atoms with Crippen molar-refractivity contribution in [1.29, 1.82) is 0 Å². The zero-order chi connectivity index (χ0) is 14.6. The number of hydrogen-bond donors (Lipinski definition) is 1. The maximum atomic E-state index is 10.6. The first-order valence-electron chi connectivity index (χ1n) is 6.73. The van der Waals surface area contributed by atoms with Crippen molar-refractivity contribution in [3.05, 3.63) is 29.8 Å². The number of aliphatic hydroxyl groups is 1. The lowest BCUT2D eigenvalue weighted by molar-refractivity contribution is -0.0733. The fourth-order valence-electron chi connectivity index (χ4n) is 2.21. The van der Waals surface area contributed by atoms with E-state index in [9.17, 15) is 5.11 Å². The van der Waals surface area contributed by atoms with E-state index in [0.717, 1.165) is 11.3 Å². The van der Waals surface area contributed by atoms with Gasteiger partial charge in [0.15, 0.2) is 0 Å². The number of rotatable bonds is 5. The third-order valence-corrected chi connectivity index (χ3v) is 2.99. The Hall–Kier alpha value is -1.06. The van der Waals surface area contributed by atoms with Gasteiger partial charge in [-0.25, -0.2) is 0 Å². The van der Waals surface area contributed by atoms with E-state index >= 15 is 0 Å². The molecule has 2 unspecified atom stereocenters. The van der Waals surface area contributed by atoms with Crippen LogP contribution in [0.5, 0.6) is 5.75 Å². The normalized spacial score (nSPS) is 15.4. The van der Waals surface area contributed by atoms with E-state index in [2.05, 4.69) is 20.8 Å². The maximum absolute atomic E-state index is 10.6. The van der Waals surface area contributed by atoms with Crippen molar-refractivity contribution in [3.8, 4) is 5.75 Å². The molecule has 1 rings (SSSR count). The van der Waals surface area contributed by atoms with Gasteiger partial charge in [0.25, 0.3) is 0 Å². The molecule has 2 atom stereocenters. The van der Waals surface area contributed by atoms with Gasteiger partial charge < -0.3 is 14.6 Å². The molecule has 0 bridgehead atoms. The highest BCUT2D eigenvalue weighted by Crippen LogP contribution is 2.36. The van der Waals surface area contributed by atoms with Gasteiger partial charge in [-0.05, 0) is 25.3 Å². The van der Waals surface area contributed by atoms with E-state index < -0.39 is 6.10 Å². The minimum Gasteiger partial charge on any atom is -0.491 e. The Bertz CT molecular complexity index is 393. The molecule has 0 fully saturated rings. The quantitative estimate of drug-likeness (QED) is 0.885. The summed E-state index contributed by atoms with van der Waals surface area (Å²) in [5.74, 6) is 0.719. The van der Waals surface area contributed by atoms with Gasteiger partial charge >= 0.3 is 0 Å². The van der Waals surface area contributed by atoms with Crippen LogP contribution in [0.2, 0.25) is 0 Å². The molecule has 1 aromatic rings. The second-order valence-electron chi connectivity index (χ2n) is 6.17. The zero-order valence-electron chi connectivity index (χ0n) is 12.8. The van der Waals surface area contributed by atoms with Crippen LogP contribution in [0.15, 0.2) is 24.3 Å². The van der Waals surface area contributed by atoms with Gasteiger partial charge in [-0.2, -0.15) is 0 Å².